The van der Waals surface area contributed by atoms with Crippen molar-refractivity contribution in [1.82, 2.24) is 0 Å². The molecule has 1 heterocycles. The summed E-state index contributed by atoms with van der Waals surface area (Å²) in [5.41, 5.74) is 0. The fourth-order valence-electron chi connectivity index (χ4n) is 2.28. The van der Waals surface area contributed by atoms with Gasteiger partial charge in [0.25, 0.3) is 0 Å². The molecule has 124 valence electrons. The fourth-order valence-corrected chi connectivity index (χ4v) is 2.28. The van der Waals surface area contributed by atoms with Gasteiger partial charge in [-0.05, 0) is 6.42 Å². The zero-order valence-electron chi connectivity index (χ0n) is 12.3. The minimum Gasteiger partial charge on any atom is -0.394 e. The van der Waals surface area contributed by atoms with Crippen molar-refractivity contribution in [3.05, 3.63) is 12.2 Å². The first-order valence-electron chi connectivity index (χ1n) is 7.18. The van der Waals surface area contributed by atoms with Gasteiger partial charge in [-0.1, -0.05) is 26.0 Å². The number of rotatable bonds is 6. The second-order valence-electron chi connectivity index (χ2n) is 5.50. The van der Waals surface area contributed by atoms with Gasteiger partial charge in [-0.3, -0.25) is 0 Å². The van der Waals surface area contributed by atoms with Crippen LogP contribution in [0.5, 0.6) is 0 Å². The van der Waals surface area contributed by atoms with Crippen molar-refractivity contribution in [2.24, 2.45) is 5.92 Å². The fraction of sp³-hybridized carbons (Fsp3) is 0.857. The predicted molar refractivity (Wildman–Crippen MR) is 74.4 cm³/mol. The lowest BCUT2D eigenvalue weighted by molar-refractivity contribution is -0.216. The lowest BCUT2D eigenvalue weighted by Crippen LogP contribution is -2.57. The first kappa shape index (κ1) is 18.5. The van der Waals surface area contributed by atoms with E-state index in [2.05, 4.69) is 0 Å². The van der Waals surface area contributed by atoms with Crippen molar-refractivity contribution in [2.75, 3.05) is 6.61 Å². The molecule has 1 saturated heterocycles. The highest BCUT2D eigenvalue weighted by Crippen LogP contribution is 2.23. The van der Waals surface area contributed by atoms with E-state index >= 15 is 0 Å². The third-order valence-corrected chi connectivity index (χ3v) is 3.88. The van der Waals surface area contributed by atoms with Crippen molar-refractivity contribution in [3.8, 4) is 0 Å². The molecule has 1 aliphatic heterocycles. The van der Waals surface area contributed by atoms with Gasteiger partial charge in [-0.2, -0.15) is 0 Å². The second kappa shape index (κ2) is 8.19. The van der Waals surface area contributed by atoms with E-state index < -0.39 is 49.3 Å². The second-order valence-corrected chi connectivity index (χ2v) is 5.50. The van der Waals surface area contributed by atoms with Gasteiger partial charge < -0.3 is 35.4 Å². The normalized spacial score (nSPS) is 38.4. The molecule has 7 nitrogen and oxygen atoms in total. The smallest absolute Gasteiger partial charge is 0.112 e. The lowest BCUT2D eigenvalue weighted by atomic mass is 9.93. The summed E-state index contributed by atoms with van der Waals surface area (Å²) in [6.07, 6.45) is -4.37. The summed E-state index contributed by atoms with van der Waals surface area (Å²) >= 11 is 0. The first-order chi connectivity index (χ1) is 9.83. The molecule has 0 amide bonds. The average Bonchev–Trinajstić information content (AvgIpc) is 2.50. The van der Waals surface area contributed by atoms with Crippen molar-refractivity contribution in [2.45, 2.75) is 63.0 Å². The third-order valence-electron chi connectivity index (χ3n) is 3.88. The van der Waals surface area contributed by atoms with E-state index in [1.165, 1.54) is 6.08 Å². The molecule has 0 bridgehead atoms. The number of ether oxygens (including phenoxy) is 1. The van der Waals surface area contributed by atoms with Crippen LogP contribution >= 0.6 is 0 Å². The average molecular weight is 306 g/mol. The maximum absolute atomic E-state index is 9.85. The van der Waals surface area contributed by atoms with Crippen LogP contribution in [0.3, 0.4) is 0 Å². The van der Waals surface area contributed by atoms with E-state index in [1.54, 1.807) is 19.9 Å². The minimum atomic E-state index is -1.42. The Labute approximate surface area is 124 Å². The topological polar surface area (TPSA) is 131 Å². The summed E-state index contributed by atoms with van der Waals surface area (Å²) in [5.74, 6) is -0.382. The summed E-state index contributed by atoms with van der Waals surface area (Å²) in [7, 11) is 0. The zero-order valence-corrected chi connectivity index (χ0v) is 12.3. The van der Waals surface area contributed by atoms with Gasteiger partial charge >= 0.3 is 0 Å². The molecule has 3 unspecified atom stereocenters. The highest BCUT2D eigenvalue weighted by atomic mass is 16.5. The molecule has 8 atom stereocenters. The van der Waals surface area contributed by atoms with E-state index in [1.807, 2.05) is 0 Å². The summed E-state index contributed by atoms with van der Waals surface area (Å²) in [6.45, 7) is 2.97. The summed E-state index contributed by atoms with van der Waals surface area (Å²) in [4.78, 5) is 0. The van der Waals surface area contributed by atoms with Crippen molar-refractivity contribution in [1.29, 1.82) is 0 Å². The third kappa shape index (κ3) is 4.46. The van der Waals surface area contributed by atoms with E-state index in [-0.39, 0.29) is 5.92 Å². The Bertz CT molecular complexity index is 333. The zero-order chi connectivity index (χ0) is 16.2. The van der Waals surface area contributed by atoms with E-state index in [0.29, 0.717) is 6.42 Å². The Hall–Kier alpha value is -0.540. The largest absolute Gasteiger partial charge is 0.394 e. The van der Waals surface area contributed by atoms with E-state index in [4.69, 9.17) is 9.84 Å². The predicted octanol–water partition coefficient (Wildman–Crippen LogP) is -1.85. The van der Waals surface area contributed by atoms with Crippen LogP contribution in [0, 0.1) is 5.92 Å². The molecule has 21 heavy (non-hydrogen) atoms. The van der Waals surface area contributed by atoms with Crippen LogP contribution in [0.15, 0.2) is 12.2 Å². The molecule has 1 rings (SSSR count). The Morgan fingerprint density at radius 2 is 1.71 bits per heavy atom. The van der Waals surface area contributed by atoms with E-state index in [0.717, 1.165) is 0 Å². The van der Waals surface area contributed by atoms with Crippen LogP contribution in [0.2, 0.25) is 0 Å². The lowest BCUT2D eigenvalue weighted by Gasteiger charge is -2.39. The summed E-state index contributed by atoms with van der Waals surface area (Å²) in [6, 6.07) is 0. The molecule has 0 saturated carbocycles. The Balaban J connectivity index is 2.69. The van der Waals surface area contributed by atoms with Gasteiger partial charge in [0.05, 0.1) is 18.8 Å². The van der Waals surface area contributed by atoms with Gasteiger partial charge in [0.2, 0.25) is 0 Å². The number of aliphatic hydroxyl groups is 6. The Kier molecular flexibility index (Phi) is 7.22. The van der Waals surface area contributed by atoms with E-state index in [9.17, 15) is 25.5 Å². The SMILES string of the molecule is CC[C@@H](O)[C@@H](O)[C@@H](C)/C=C\[C@H]1OC(CO)[C@H](O)C(O)C1O. The molecule has 0 aromatic rings. The number of hydrogen-bond acceptors (Lipinski definition) is 7. The van der Waals surface area contributed by atoms with Crippen molar-refractivity contribution < 1.29 is 35.4 Å². The molecule has 0 spiro atoms. The molecule has 0 radical (unpaired) electrons. The van der Waals surface area contributed by atoms with Gasteiger partial charge in [0.15, 0.2) is 0 Å². The molecule has 1 aliphatic rings. The summed E-state index contributed by atoms with van der Waals surface area (Å²) < 4.78 is 5.31. The monoisotopic (exact) mass is 306 g/mol. The molecular weight excluding hydrogens is 280 g/mol. The molecule has 0 aliphatic carbocycles. The van der Waals surface area contributed by atoms with Crippen molar-refractivity contribution in [3.63, 3.8) is 0 Å². The van der Waals surface area contributed by atoms with Crippen LogP contribution in [0.4, 0.5) is 0 Å². The highest BCUT2D eigenvalue weighted by Gasteiger charge is 2.42. The number of aliphatic hydroxyl groups excluding tert-OH is 6. The standard InChI is InChI=1S/C14H26O7/c1-3-8(16)11(17)7(2)4-5-9-12(18)14(20)13(19)10(6-15)21-9/h4-5,7-20H,3,6H2,1-2H3/b5-4-/t7-,8+,9+,10?,11-,12?,13-,14?/m0/s1. The highest BCUT2D eigenvalue weighted by molar-refractivity contribution is 5.04. The number of hydrogen-bond donors (Lipinski definition) is 6. The molecule has 0 aromatic heterocycles. The Morgan fingerprint density at radius 1 is 1.10 bits per heavy atom. The quantitative estimate of drug-likeness (QED) is 0.318. The minimum absolute atomic E-state index is 0.382. The maximum Gasteiger partial charge on any atom is 0.112 e. The van der Waals surface area contributed by atoms with Crippen molar-refractivity contribution >= 4 is 0 Å². The van der Waals surface area contributed by atoms with Gasteiger partial charge in [-0.25, -0.2) is 0 Å². The summed E-state index contributed by atoms with van der Waals surface area (Å²) in [5, 5.41) is 57.6. The van der Waals surface area contributed by atoms with Gasteiger partial charge in [-0.15, -0.1) is 0 Å². The van der Waals surface area contributed by atoms with Crippen LogP contribution in [0.1, 0.15) is 20.3 Å². The maximum atomic E-state index is 9.85. The Morgan fingerprint density at radius 3 is 2.24 bits per heavy atom. The van der Waals surface area contributed by atoms with Gasteiger partial charge in [0, 0.05) is 5.92 Å². The van der Waals surface area contributed by atoms with Crippen LogP contribution in [-0.4, -0.2) is 80.0 Å². The van der Waals surface area contributed by atoms with Crippen LogP contribution in [-0.2, 0) is 4.74 Å². The van der Waals surface area contributed by atoms with Crippen LogP contribution in [0.25, 0.3) is 0 Å². The molecule has 1 fully saturated rings. The van der Waals surface area contributed by atoms with Gasteiger partial charge in [0.1, 0.15) is 30.5 Å². The molecule has 6 N–H and O–H groups in total. The van der Waals surface area contributed by atoms with Crippen LogP contribution < -0.4 is 0 Å². The molecule has 0 aromatic carbocycles. The first-order valence-corrected chi connectivity index (χ1v) is 7.18. The molecule has 7 heteroatoms. The molecular formula is C14H26O7.